The molecule has 0 spiro atoms. The molecule has 3 N–H and O–H groups in total. The standard InChI is InChI=1S/C17H30N2O2/c1-4-5-6-7-8-9-12-15(19-18)14-11-10-13-16(20-2)17(14)21-3/h10-11,13,15,19H,4-9,12,18H2,1-3H3. The average molecular weight is 294 g/mol. The smallest absolute Gasteiger partial charge is 0.165 e. The number of hydrogen-bond donors (Lipinski definition) is 2. The van der Waals surface area contributed by atoms with E-state index in [0.29, 0.717) is 0 Å². The summed E-state index contributed by atoms with van der Waals surface area (Å²) in [5.41, 5.74) is 3.97. The number of benzene rings is 1. The summed E-state index contributed by atoms with van der Waals surface area (Å²) in [4.78, 5) is 0. The Balaban J connectivity index is 2.59. The molecule has 4 heteroatoms. The van der Waals surface area contributed by atoms with Crippen molar-refractivity contribution in [2.75, 3.05) is 14.2 Å². The molecule has 0 fully saturated rings. The molecular weight excluding hydrogens is 264 g/mol. The fourth-order valence-corrected chi connectivity index (χ4v) is 2.64. The molecule has 4 nitrogen and oxygen atoms in total. The van der Waals surface area contributed by atoms with Crippen molar-refractivity contribution in [2.45, 2.75) is 57.9 Å². The van der Waals surface area contributed by atoms with Crippen LogP contribution < -0.4 is 20.7 Å². The van der Waals surface area contributed by atoms with Gasteiger partial charge in [-0.05, 0) is 12.5 Å². The van der Waals surface area contributed by atoms with E-state index in [-0.39, 0.29) is 6.04 Å². The van der Waals surface area contributed by atoms with Gasteiger partial charge < -0.3 is 9.47 Å². The number of methoxy groups -OCH3 is 2. The van der Waals surface area contributed by atoms with E-state index in [1.54, 1.807) is 14.2 Å². The molecule has 0 amide bonds. The Morgan fingerprint density at radius 3 is 2.38 bits per heavy atom. The Morgan fingerprint density at radius 2 is 1.76 bits per heavy atom. The molecule has 0 saturated heterocycles. The normalized spacial score (nSPS) is 12.2. The van der Waals surface area contributed by atoms with Crippen LogP contribution in [0, 0.1) is 0 Å². The van der Waals surface area contributed by atoms with Crippen molar-refractivity contribution < 1.29 is 9.47 Å². The zero-order valence-electron chi connectivity index (χ0n) is 13.7. The van der Waals surface area contributed by atoms with Crippen LogP contribution in [-0.4, -0.2) is 14.2 Å². The van der Waals surface area contributed by atoms with Crippen LogP contribution in [0.2, 0.25) is 0 Å². The summed E-state index contributed by atoms with van der Waals surface area (Å²) in [5.74, 6) is 7.26. The molecule has 0 aliphatic rings. The molecule has 0 aliphatic carbocycles. The molecule has 1 rings (SSSR count). The number of nitrogens with two attached hydrogens (primary N) is 1. The summed E-state index contributed by atoms with van der Waals surface area (Å²) in [6, 6.07) is 6.02. The van der Waals surface area contributed by atoms with Crippen LogP contribution in [0.5, 0.6) is 11.5 Å². The van der Waals surface area contributed by atoms with Gasteiger partial charge in [0.15, 0.2) is 11.5 Å². The third-order valence-corrected chi connectivity index (χ3v) is 3.86. The van der Waals surface area contributed by atoms with Gasteiger partial charge in [-0.2, -0.15) is 0 Å². The number of hydrogen-bond acceptors (Lipinski definition) is 4. The van der Waals surface area contributed by atoms with E-state index in [0.717, 1.165) is 23.5 Å². The molecule has 1 aromatic carbocycles. The SMILES string of the molecule is CCCCCCCCC(NN)c1cccc(OC)c1OC. The second-order valence-electron chi connectivity index (χ2n) is 5.36. The summed E-state index contributed by atoms with van der Waals surface area (Å²) in [5, 5.41) is 0. The van der Waals surface area contributed by atoms with E-state index >= 15 is 0 Å². The quantitative estimate of drug-likeness (QED) is 0.368. The number of unbranched alkanes of at least 4 members (excludes halogenated alkanes) is 5. The van der Waals surface area contributed by atoms with Gasteiger partial charge in [-0.3, -0.25) is 11.3 Å². The van der Waals surface area contributed by atoms with Crippen LogP contribution in [0.3, 0.4) is 0 Å². The summed E-state index contributed by atoms with van der Waals surface area (Å²) in [6.45, 7) is 2.24. The lowest BCUT2D eigenvalue weighted by molar-refractivity contribution is 0.344. The fraction of sp³-hybridized carbons (Fsp3) is 0.647. The highest BCUT2D eigenvalue weighted by atomic mass is 16.5. The number of hydrazine groups is 1. The maximum Gasteiger partial charge on any atom is 0.165 e. The molecule has 1 atom stereocenters. The van der Waals surface area contributed by atoms with E-state index < -0.39 is 0 Å². The van der Waals surface area contributed by atoms with Crippen molar-refractivity contribution in [1.29, 1.82) is 0 Å². The van der Waals surface area contributed by atoms with Crippen molar-refractivity contribution in [3.8, 4) is 11.5 Å². The lowest BCUT2D eigenvalue weighted by Crippen LogP contribution is -2.28. The van der Waals surface area contributed by atoms with Gasteiger partial charge in [0.05, 0.1) is 14.2 Å². The van der Waals surface area contributed by atoms with E-state index in [1.165, 1.54) is 38.5 Å². The molecule has 21 heavy (non-hydrogen) atoms. The lowest BCUT2D eigenvalue weighted by Gasteiger charge is -2.20. The van der Waals surface area contributed by atoms with Crippen LogP contribution in [-0.2, 0) is 0 Å². The summed E-state index contributed by atoms with van der Waals surface area (Å²) < 4.78 is 10.8. The minimum atomic E-state index is 0.0984. The van der Waals surface area contributed by atoms with Gasteiger partial charge in [0.2, 0.25) is 0 Å². The summed E-state index contributed by atoms with van der Waals surface area (Å²) in [7, 11) is 3.32. The van der Waals surface area contributed by atoms with Crippen molar-refractivity contribution in [1.82, 2.24) is 5.43 Å². The van der Waals surface area contributed by atoms with Crippen LogP contribution in [0.25, 0.3) is 0 Å². The minimum absolute atomic E-state index is 0.0984. The van der Waals surface area contributed by atoms with Crippen molar-refractivity contribution in [2.24, 2.45) is 5.84 Å². The first-order chi connectivity index (χ1) is 10.3. The van der Waals surface area contributed by atoms with Crippen LogP contribution >= 0.6 is 0 Å². The molecule has 0 aromatic heterocycles. The predicted octanol–water partition coefficient (Wildman–Crippen LogP) is 3.96. The summed E-state index contributed by atoms with van der Waals surface area (Å²) in [6.07, 6.45) is 8.69. The van der Waals surface area contributed by atoms with Crippen molar-refractivity contribution in [3.63, 3.8) is 0 Å². The van der Waals surface area contributed by atoms with Crippen molar-refractivity contribution in [3.05, 3.63) is 23.8 Å². The van der Waals surface area contributed by atoms with Crippen molar-refractivity contribution >= 4 is 0 Å². The van der Waals surface area contributed by atoms with Gasteiger partial charge >= 0.3 is 0 Å². The zero-order chi connectivity index (χ0) is 15.5. The third-order valence-electron chi connectivity index (χ3n) is 3.86. The highest BCUT2D eigenvalue weighted by Crippen LogP contribution is 2.36. The molecule has 120 valence electrons. The maximum atomic E-state index is 5.74. The molecule has 0 bridgehead atoms. The Kier molecular flexibility index (Phi) is 8.87. The highest BCUT2D eigenvalue weighted by Gasteiger charge is 2.17. The molecule has 0 radical (unpaired) electrons. The van der Waals surface area contributed by atoms with Gasteiger partial charge in [-0.1, -0.05) is 57.6 Å². The Bertz CT molecular complexity index is 396. The molecule has 1 unspecified atom stereocenters. The van der Waals surface area contributed by atoms with E-state index in [9.17, 15) is 0 Å². The Labute approximate surface area is 129 Å². The third kappa shape index (κ3) is 5.56. The number of ether oxygens (including phenoxy) is 2. The molecule has 0 heterocycles. The maximum absolute atomic E-state index is 5.74. The van der Waals surface area contributed by atoms with Crippen LogP contribution in [0.4, 0.5) is 0 Å². The van der Waals surface area contributed by atoms with Crippen LogP contribution in [0.1, 0.15) is 63.5 Å². The number of nitrogens with one attached hydrogen (secondary N) is 1. The first-order valence-electron chi connectivity index (χ1n) is 7.95. The van der Waals surface area contributed by atoms with Gasteiger partial charge in [-0.25, -0.2) is 0 Å². The minimum Gasteiger partial charge on any atom is -0.493 e. The second-order valence-corrected chi connectivity index (χ2v) is 5.36. The molecule has 0 aliphatic heterocycles. The fourth-order valence-electron chi connectivity index (χ4n) is 2.64. The average Bonchev–Trinajstić information content (AvgIpc) is 2.53. The van der Waals surface area contributed by atoms with Gasteiger partial charge in [-0.15, -0.1) is 0 Å². The first-order valence-corrected chi connectivity index (χ1v) is 7.95. The van der Waals surface area contributed by atoms with Gasteiger partial charge in [0.25, 0.3) is 0 Å². The van der Waals surface area contributed by atoms with Crippen LogP contribution in [0.15, 0.2) is 18.2 Å². The monoisotopic (exact) mass is 294 g/mol. The van der Waals surface area contributed by atoms with E-state index in [1.807, 2.05) is 18.2 Å². The highest BCUT2D eigenvalue weighted by molar-refractivity contribution is 5.48. The molecule has 0 saturated carbocycles. The van der Waals surface area contributed by atoms with Gasteiger partial charge in [0.1, 0.15) is 0 Å². The Hall–Kier alpha value is -1.26. The number of para-hydroxylation sites is 1. The Morgan fingerprint density at radius 1 is 1.05 bits per heavy atom. The first kappa shape index (κ1) is 17.8. The second kappa shape index (κ2) is 10.5. The van der Waals surface area contributed by atoms with E-state index in [2.05, 4.69) is 12.3 Å². The zero-order valence-corrected chi connectivity index (χ0v) is 13.7. The summed E-state index contributed by atoms with van der Waals surface area (Å²) >= 11 is 0. The van der Waals surface area contributed by atoms with Gasteiger partial charge in [0, 0.05) is 11.6 Å². The topological polar surface area (TPSA) is 56.5 Å². The number of rotatable bonds is 11. The van der Waals surface area contributed by atoms with E-state index in [4.69, 9.17) is 15.3 Å². The largest absolute Gasteiger partial charge is 0.493 e. The molecular formula is C17H30N2O2. The lowest BCUT2D eigenvalue weighted by atomic mass is 9.99. The predicted molar refractivity (Wildman–Crippen MR) is 87.6 cm³/mol. The molecule has 1 aromatic rings.